The minimum atomic E-state index is -0.780. The average Bonchev–Trinajstić information content (AvgIpc) is 3.08. The second-order valence-corrected chi connectivity index (χ2v) is 7.48. The van der Waals surface area contributed by atoms with Crippen molar-refractivity contribution in [3.63, 3.8) is 0 Å². The molecule has 1 saturated heterocycles. The van der Waals surface area contributed by atoms with E-state index in [1.54, 1.807) is 24.3 Å². The van der Waals surface area contributed by atoms with Crippen molar-refractivity contribution in [3.05, 3.63) is 57.8 Å². The molecule has 1 aromatic heterocycles. The zero-order valence-corrected chi connectivity index (χ0v) is 16.7. The Balaban J connectivity index is 1.42. The molecule has 8 nitrogen and oxygen atoms in total. The van der Waals surface area contributed by atoms with Crippen molar-refractivity contribution in [1.82, 2.24) is 9.88 Å². The van der Waals surface area contributed by atoms with Gasteiger partial charge in [0.15, 0.2) is 5.58 Å². The molecule has 30 heavy (non-hydrogen) atoms. The molecule has 1 fully saturated rings. The monoisotopic (exact) mass is 432 g/mol. The van der Waals surface area contributed by atoms with Crippen molar-refractivity contribution >= 4 is 45.9 Å². The van der Waals surface area contributed by atoms with Crippen LogP contribution >= 0.6 is 11.6 Å². The molecular weight excluding hydrogens is 415 g/mol. The molecule has 4 rings (SSSR count). The molecule has 3 aromatic rings. The van der Waals surface area contributed by atoms with Gasteiger partial charge in [-0.3, -0.25) is 14.6 Å². The number of rotatable bonds is 2. The number of anilines is 2. The highest BCUT2D eigenvalue weighted by Gasteiger charge is 2.31. The molecule has 0 spiro atoms. The number of aromatic amines is 1. The van der Waals surface area contributed by atoms with E-state index < -0.39 is 23.4 Å². The highest BCUT2D eigenvalue weighted by molar-refractivity contribution is 6.39. The molecule has 1 aliphatic heterocycles. The number of amides is 2. The fraction of sp³-hybridized carbons (Fsp3) is 0.250. The molecule has 0 aliphatic carbocycles. The number of piperazine rings is 1. The number of hydrogen-bond acceptors (Lipinski definition) is 5. The Kier molecular flexibility index (Phi) is 5.21. The molecule has 0 bridgehead atoms. The van der Waals surface area contributed by atoms with E-state index in [0.29, 0.717) is 30.8 Å². The lowest BCUT2D eigenvalue weighted by Gasteiger charge is -2.40. The maximum atomic E-state index is 13.4. The molecule has 10 heteroatoms. The van der Waals surface area contributed by atoms with Gasteiger partial charge in [-0.1, -0.05) is 11.6 Å². The largest absolute Gasteiger partial charge is 0.417 e. The van der Waals surface area contributed by atoms with E-state index in [-0.39, 0.29) is 16.6 Å². The molecular formula is C20H18ClFN4O4. The Morgan fingerprint density at radius 3 is 2.77 bits per heavy atom. The number of hydrogen-bond donors (Lipinski definition) is 2. The van der Waals surface area contributed by atoms with Crippen LogP contribution in [0, 0.1) is 5.82 Å². The fourth-order valence-electron chi connectivity index (χ4n) is 3.51. The van der Waals surface area contributed by atoms with Crippen molar-refractivity contribution in [2.24, 2.45) is 0 Å². The van der Waals surface area contributed by atoms with E-state index in [4.69, 9.17) is 16.0 Å². The van der Waals surface area contributed by atoms with Crippen LogP contribution in [-0.4, -0.2) is 47.4 Å². The summed E-state index contributed by atoms with van der Waals surface area (Å²) in [7, 11) is 0. The topological polar surface area (TPSA) is 98.6 Å². The highest BCUT2D eigenvalue weighted by atomic mass is 35.5. The second-order valence-electron chi connectivity index (χ2n) is 7.07. The molecule has 0 unspecified atom stereocenters. The van der Waals surface area contributed by atoms with E-state index in [2.05, 4.69) is 10.3 Å². The molecule has 2 amide bonds. The summed E-state index contributed by atoms with van der Waals surface area (Å²) >= 11 is 5.86. The highest BCUT2D eigenvalue weighted by Crippen LogP contribution is 2.25. The van der Waals surface area contributed by atoms with Crippen LogP contribution in [0.15, 0.2) is 45.6 Å². The smallest absolute Gasteiger partial charge is 0.408 e. The molecule has 2 heterocycles. The summed E-state index contributed by atoms with van der Waals surface area (Å²) in [6.45, 7) is 3.12. The summed E-state index contributed by atoms with van der Waals surface area (Å²) in [4.78, 5) is 42.3. The van der Waals surface area contributed by atoms with Crippen molar-refractivity contribution in [2.75, 3.05) is 29.9 Å². The van der Waals surface area contributed by atoms with Gasteiger partial charge >= 0.3 is 17.6 Å². The van der Waals surface area contributed by atoms with Crippen molar-refractivity contribution < 1.29 is 18.4 Å². The number of carbonyl (C=O) groups is 2. The van der Waals surface area contributed by atoms with Crippen LogP contribution in [0.25, 0.3) is 11.1 Å². The second kappa shape index (κ2) is 7.83. The first kappa shape index (κ1) is 20.0. The van der Waals surface area contributed by atoms with E-state index in [1.165, 1.54) is 17.0 Å². The van der Waals surface area contributed by atoms with Crippen molar-refractivity contribution in [2.45, 2.75) is 13.0 Å². The zero-order chi connectivity index (χ0) is 21.4. The third-order valence-electron chi connectivity index (χ3n) is 5.03. The lowest BCUT2D eigenvalue weighted by Crippen LogP contribution is -2.56. The normalized spacial score (nSPS) is 16.7. The predicted molar refractivity (Wildman–Crippen MR) is 110 cm³/mol. The van der Waals surface area contributed by atoms with E-state index in [0.717, 1.165) is 5.69 Å². The van der Waals surface area contributed by atoms with Crippen LogP contribution in [-0.2, 0) is 9.59 Å². The van der Waals surface area contributed by atoms with Gasteiger partial charge in [-0.05, 0) is 37.3 Å². The van der Waals surface area contributed by atoms with Gasteiger partial charge in [-0.25, -0.2) is 9.18 Å². The summed E-state index contributed by atoms with van der Waals surface area (Å²) in [5.41, 5.74) is 1.88. The van der Waals surface area contributed by atoms with E-state index in [1.807, 2.05) is 11.8 Å². The lowest BCUT2D eigenvalue weighted by molar-refractivity contribution is -0.144. The van der Waals surface area contributed by atoms with Gasteiger partial charge in [0.1, 0.15) is 5.82 Å². The van der Waals surface area contributed by atoms with E-state index in [9.17, 15) is 18.8 Å². The molecule has 0 saturated carbocycles. The third-order valence-corrected chi connectivity index (χ3v) is 5.32. The zero-order valence-electron chi connectivity index (χ0n) is 15.9. The van der Waals surface area contributed by atoms with Gasteiger partial charge in [-0.2, -0.15) is 0 Å². The predicted octanol–water partition coefficient (Wildman–Crippen LogP) is 2.59. The van der Waals surface area contributed by atoms with Crippen LogP contribution < -0.4 is 16.0 Å². The maximum absolute atomic E-state index is 13.4. The summed E-state index contributed by atoms with van der Waals surface area (Å²) in [5, 5.41) is 2.57. The maximum Gasteiger partial charge on any atom is 0.417 e. The molecule has 2 aromatic carbocycles. The van der Waals surface area contributed by atoms with Gasteiger partial charge < -0.3 is 19.5 Å². The molecule has 2 N–H and O–H groups in total. The Morgan fingerprint density at radius 1 is 1.23 bits per heavy atom. The van der Waals surface area contributed by atoms with Gasteiger partial charge in [0.2, 0.25) is 0 Å². The number of nitrogens with one attached hydrogen (secondary N) is 2. The molecule has 1 atom stereocenters. The van der Waals surface area contributed by atoms with E-state index >= 15 is 0 Å². The van der Waals surface area contributed by atoms with Crippen LogP contribution in [0.2, 0.25) is 5.02 Å². The standard InChI is InChI=1S/C20H18ClFN4O4/c1-11-10-25(13-3-4-15(22)14(21)9-13)6-7-26(11)19(28)18(27)23-12-2-5-16-17(8-12)30-20(29)24-16/h2-5,8-9,11H,6-7,10H2,1H3,(H,23,27)(H,24,29)/t11-/m0/s1. The first-order valence-electron chi connectivity index (χ1n) is 9.26. The number of benzene rings is 2. The lowest BCUT2D eigenvalue weighted by atomic mass is 10.1. The molecule has 1 aliphatic rings. The number of oxazole rings is 1. The van der Waals surface area contributed by atoms with Gasteiger partial charge in [0.25, 0.3) is 0 Å². The Labute approximate surface area is 175 Å². The summed E-state index contributed by atoms with van der Waals surface area (Å²) in [6.07, 6.45) is 0. The van der Waals surface area contributed by atoms with Crippen LogP contribution in [0.1, 0.15) is 6.92 Å². The Morgan fingerprint density at radius 2 is 2.03 bits per heavy atom. The SMILES string of the molecule is C[C@H]1CN(c2ccc(F)c(Cl)c2)CCN1C(=O)C(=O)Nc1ccc2[nH]c(=O)oc2c1. The molecule has 0 radical (unpaired) electrons. The number of aromatic nitrogens is 1. The van der Waals surface area contributed by atoms with Crippen molar-refractivity contribution in [1.29, 1.82) is 0 Å². The van der Waals surface area contributed by atoms with Crippen LogP contribution in [0.3, 0.4) is 0 Å². The summed E-state index contributed by atoms with van der Waals surface area (Å²) < 4.78 is 18.4. The summed E-state index contributed by atoms with van der Waals surface area (Å²) in [5.74, 6) is -2.53. The van der Waals surface area contributed by atoms with Crippen LogP contribution in [0.5, 0.6) is 0 Å². The Hall–Kier alpha value is -3.33. The number of carbonyl (C=O) groups excluding carboxylic acids is 2. The minimum absolute atomic E-state index is 0.0354. The first-order valence-corrected chi connectivity index (χ1v) is 9.64. The summed E-state index contributed by atoms with van der Waals surface area (Å²) in [6, 6.07) is 8.85. The van der Waals surface area contributed by atoms with Gasteiger partial charge in [0.05, 0.1) is 10.5 Å². The minimum Gasteiger partial charge on any atom is -0.408 e. The van der Waals surface area contributed by atoms with Crippen molar-refractivity contribution in [3.8, 4) is 0 Å². The fourth-order valence-corrected chi connectivity index (χ4v) is 3.69. The quantitative estimate of drug-likeness (QED) is 0.606. The number of nitrogens with zero attached hydrogens (tertiary/aromatic N) is 2. The van der Waals surface area contributed by atoms with Crippen LogP contribution in [0.4, 0.5) is 15.8 Å². The Bertz CT molecular complexity index is 1190. The third kappa shape index (κ3) is 3.88. The number of halogens is 2. The average molecular weight is 433 g/mol. The number of fused-ring (bicyclic) bond motifs is 1. The van der Waals surface area contributed by atoms with Gasteiger partial charge in [0, 0.05) is 43.1 Å². The van der Waals surface area contributed by atoms with Gasteiger partial charge in [-0.15, -0.1) is 0 Å². The first-order chi connectivity index (χ1) is 14.3. The number of H-pyrrole nitrogens is 1. The molecule has 156 valence electrons.